The Labute approximate surface area is 312 Å². The molecular weight excluding hydrogens is 688 g/mol. The number of hydrogen-bond acceptors (Lipinski definition) is 8. The molecule has 2 aromatic heterocycles. The number of carbonyl (C=O) groups excluding carboxylic acids is 5. The van der Waals surface area contributed by atoms with Crippen LogP contribution < -0.4 is 44.2 Å². The summed E-state index contributed by atoms with van der Waals surface area (Å²) in [5.74, 6) is -3.22. The summed E-state index contributed by atoms with van der Waals surface area (Å²) in [6, 6.07) is 17.1. The van der Waals surface area contributed by atoms with Gasteiger partial charge < -0.3 is 54.2 Å². The predicted molar refractivity (Wildman–Crippen MR) is 208 cm³/mol. The Balaban J connectivity index is 1.37. The molecule has 0 aliphatic heterocycles. The average molecular weight is 737 g/mol. The van der Waals surface area contributed by atoms with Gasteiger partial charge in [-0.3, -0.25) is 24.0 Å². The number of amides is 5. The van der Waals surface area contributed by atoms with Gasteiger partial charge in [0.25, 0.3) is 5.91 Å². The van der Waals surface area contributed by atoms with Gasteiger partial charge in [0.2, 0.25) is 23.6 Å². The summed E-state index contributed by atoms with van der Waals surface area (Å²) >= 11 is 0. The lowest BCUT2D eigenvalue weighted by molar-refractivity contribution is -0.133. The molecule has 14 N–H and O–H groups in total. The van der Waals surface area contributed by atoms with Crippen LogP contribution in [0.1, 0.15) is 47.2 Å². The maximum absolute atomic E-state index is 14.1. The third kappa shape index (κ3) is 9.81. The van der Waals surface area contributed by atoms with Crippen LogP contribution >= 0.6 is 0 Å². The van der Waals surface area contributed by atoms with E-state index in [4.69, 9.17) is 22.9 Å². The molecule has 0 fully saturated rings. The number of anilines is 1. The van der Waals surface area contributed by atoms with Crippen LogP contribution in [0.25, 0.3) is 21.8 Å². The van der Waals surface area contributed by atoms with Crippen molar-refractivity contribution in [3.8, 4) is 0 Å². The van der Waals surface area contributed by atoms with E-state index in [0.717, 1.165) is 32.9 Å². The molecule has 54 heavy (non-hydrogen) atoms. The first-order valence-electron chi connectivity index (χ1n) is 18.0. The van der Waals surface area contributed by atoms with Crippen LogP contribution in [0.15, 0.2) is 85.2 Å². The third-order valence-electron chi connectivity index (χ3n) is 9.34. The number of H-pyrrole nitrogens is 2. The molecule has 15 heteroatoms. The first-order valence-corrected chi connectivity index (χ1v) is 18.0. The van der Waals surface area contributed by atoms with Crippen molar-refractivity contribution in [2.24, 2.45) is 17.2 Å². The molecule has 5 aromatic rings. The Morgan fingerprint density at radius 2 is 1.02 bits per heavy atom. The molecule has 0 unspecified atom stereocenters. The lowest BCUT2D eigenvalue weighted by atomic mass is 10.0. The van der Waals surface area contributed by atoms with Gasteiger partial charge in [-0.05, 0) is 74.2 Å². The normalized spacial score (nSPS) is 13.4. The topological polar surface area (TPSA) is 269 Å². The van der Waals surface area contributed by atoms with Crippen molar-refractivity contribution in [2.45, 2.75) is 62.7 Å². The van der Waals surface area contributed by atoms with Gasteiger partial charge in [-0.1, -0.05) is 48.5 Å². The van der Waals surface area contributed by atoms with E-state index in [1.807, 2.05) is 48.5 Å². The quantitative estimate of drug-likeness (QED) is 0.0550. The van der Waals surface area contributed by atoms with E-state index in [1.54, 1.807) is 36.7 Å². The molecule has 4 atom stereocenters. The fourth-order valence-corrected chi connectivity index (χ4v) is 6.41. The summed E-state index contributed by atoms with van der Waals surface area (Å²) in [6.45, 7) is 0.495. The fourth-order valence-electron chi connectivity index (χ4n) is 6.41. The Morgan fingerprint density at radius 1 is 0.574 bits per heavy atom. The Hall–Kier alpha value is -6.19. The molecule has 0 radical (unpaired) electrons. The summed E-state index contributed by atoms with van der Waals surface area (Å²) in [6.07, 6.45) is 4.80. The van der Waals surface area contributed by atoms with Gasteiger partial charge in [-0.15, -0.1) is 0 Å². The van der Waals surface area contributed by atoms with Gasteiger partial charge in [-0.2, -0.15) is 0 Å². The molecule has 0 saturated carbocycles. The van der Waals surface area contributed by atoms with Gasteiger partial charge in [0.15, 0.2) is 0 Å². The second-order valence-electron chi connectivity index (χ2n) is 13.2. The number of para-hydroxylation sites is 3. The Morgan fingerprint density at radius 3 is 1.56 bits per heavy atom. The van der Waals surface area contributed by atoms with E-state index in [-0.39, 0.29) is 50.0 Å². The smallest absolute Gasteiger partial charge is 0.254 e. The third-order valence-corrected chi connectivity index (χ3v) is 9.34. The summed E-state index contributed by atoms with van der Waals surface area (Å²) in [5, 5.41) is 12.8. The minimum Gasteiger partial charge on any atom is -0.398 e. The number of nitrogens with two attached hydrogens (primary N) is 4. The summed E-state index contributed by atoms with van der Waals surface area (Å²) in [4.78, 5) is 74.0. The highest BCUT2D eigenvalue weighted by atomic mass is 16.2. The number of benzene rings is 3. The maximum Gasteiger partial charge on any atom is 0.254 e. The summed E-state index contributed by atoms with van der Waals surface area (Å²) in [5.41, 5.74) is 27.0. The standard InChI is InChI=1S/C39H48N10O5/c40-17-7-15-31(46-36(51)27-11-1-4-12-28(27)42)37(52)47-32(16-8-18-41)38(53)49-34(20-24-22-45-30-14-6-3-10-26(24)30)39(54)48-33(35(43)50)19-23-21-44-29-13-5-2-9-25(23)29/h1-6,9-14,21-22,31-34,44-45H,7-8,15-20,40-42H2,(H2,43,50)(H,46,51)(H,47,52)(H,48,54)(H,49,53)/t31-,32-,33-,34-/m0/s1. The van der Waals surface area contributed by atoms with E-state index >= 15 is 0 Å². The van der Waals surface area contributed by atoms with Crippen LogP contribution in [0.4, 0.5) is 5.69 Å². The van der Waals surface area contributed by atoms with Crippen LogP contribution in [0.2, 0.25) is 0 Å². The largest absolute Gasteiger partial charge is 0.398 e. The number of aromatic nitrogens is 2. The average Bonchev–Trinajstić information content (AvgIpc) is 3.78. The predicted octanol–water partition coefficient (Wildman–Crippen LogP) is 1.23. The van der Waals surface area contributed by atoms with E-state index in [0.29, 0.717) is 12.8 Å². The number of fused-ring (bicyclic) bond motifs is 2. The molecule has 0 spiro atoms. The van der Waals surface area contributed by atoms with Crippen LogP contribution in [-0.4, -0.2) is 76.8 Å². The zero-order valence-electron chi connectivity index (χ0n) is 29.9. The van der Waals surface area contributed by atoms with Crippen molar-refractivity contribution < 1.29 is 24.0 Å². The molecule has 5 amide bonds. The number of aromatic amines is 2. The van der Waals surface area contributed by atoms with Crippen LogP contribution in [0, 0.1) is 0 Å². The van der Waals surface area contributed by atoms with Crippen LogP contribution in [-0.2, 0) is 32.0 Å². The van der Waals surface area contributed by atoms with E-state index in [9.17, 15) is 24.0 Å². The monoisotopic (exact) mass is 736 g/mol. The minimum atomic E-state index is -1.19. The Bertz CT molecular complexity index is 2090. The van der Waals surface area contributed by atoms with Crippen molar-refractivity contribution in [1.29, 1.82) is 0 Å². The molecule has 0 saturated heterocycles. The molecule has 0 aliphatic carbocycles. The van der Waals surface area contributed by atoms with Crippen molar-refractivity contribution in [2.75, 3.05) is 18.8 Å². The van der Waals surface area contributed by atoms with E-state index in [1.165, 1.54) is 0 Å². The molecule has 0 aliphatic rings. The van der Waals surface area contributed by atoms with Gasteiger partial charge in [0.05, 0.1) is 5.56 Å². The van der Waals surface area contributed by atoms with Crippen molar-refractivity contribution in [1.82, 2.24) is 31.2 Å². The first kappa shape index (κ1) is 39.0. The van der Waals surface area contributed by atoms with Gasteiger partial charge in [-0.25, -0.2) is 0 Å². The molecule has 2 heterocycles. The molecule has 284 valence electrons. The van der Waals surface area contributed by atoms with Gasteiger partial charge >= 0.3 is 0 Å². The number of hydrogen-bond donors (Lipinski definition) is 10. The molecule has 3 aromatic carbocycles. The highest BCUT2D eigenvalue weighted by molar-refractivity contribution is 6.02. The van der Waals surface area contributed by atoms with Gasteiger partial charge in [0, 0.05) is 52.7 Å². The SMILES string of the molecule is NCCC[C@H](NC(=O)c1ccccc1N)C(=O)N[C@@H](CCCN)C(=O)N[C@@H](Cc1c[nH]c2ccccc12)C(=O)N[C@@H](Cc1c[nH]c2ccccc12)C(N)=O. The number of nitrogen functional groups attached to an aromatic ring is 1. The molecule has 0 bridgehead atoms. The van der Waals surface area contributed by atoms with E-state index in [2.05, 4.69) is 31.2 Å². The summed E-state index contributed by atoms with van der Waals surface area (Å²) in [7, 11) is 0. The van der Waals surface area contributed by atoms with Crippen molar-refractivity contribution in [3.63, 3.8) is 0 Å². The fraction of sp³-hybridized carbons (Fsp3) is 0.308. The highest BCUT2D eigenvalue weighted by Gasteiger charge is 2.32. The number of rotatable bonds is 19. The van der Waals surface area contributed by atoms with Crippen LogP contribution in [0.5, 0.6) is 0 Å². The second kappa shape index (κ2) is 18.5. The van der Waals surface area contributed by atoms with E-state index < -0.39 is 53.7 Å². The zero-order valence-corrected chi connectivity index (χ0v) is 29.9. The molecular formula is C39H48N10O5. The van der Waals surface area contributed by atoms with Crippen molar-refractivity contribution in [3.05, 3.63) is 102 Å². The lowest BCUT2D eigenvalue weighted by Gasteiger charge is -2.26. The highest BCUT2D eigenvalue weighted by Crippen LogP contribution is 2.21. The maximum atomic E-state index is 14.1. The number of carbonyl (C=O) groups is 5. The number of primary amides is 1. The van der Waals surface area contributed by atoms with Crippen LogP contribution in [0.3, 0.4) is 0 Å². The molecule has 5 rings (SSSR count). The lowest BCUT2D eigenvalue weighted by Crippen LogP contribution is -2.58. The zero-order chi connectivity index (χ0) is 38.6. The van der Waals surface area contributed by atoms with Crippen molar-refractivity contribution >= 4 is 57.0 Å². The summed E-state index contributed by atoms with van der Waals surface area (Å²) < 4.78 is 0. The first-order chi connectivity index (χ1) is 26.1. The number of nitrogens with one attached hydrogen (secondary N) is 6. The van der Waals surface area contributed by atoms with Gasteiger partial charge in [0.1, 0.15) is 24.2 Å². The second-order valence-corrected chi connectivity index (χ2v) is 13.2. The molecule has 15 nitrogen and oxygen atoms in total. The Kier molecular flexibility index (Phi) is 13.4. The minimum absolute atomic E-state index is 0.0470.